The fraction of sp³-hybridized carbons (Fsp3) is 0.933. The summed E-state index contributed by atoms with van der Waals surface area (Å²) in [6.45, 7) is 8.65. The molecule has 3 aliphatic rings. The van der Waals surface area contributed by atoms with Crippen LogP contribution in [0.5, 0.6) is 0 Å². The summed E-state index contributed by atoms with van der Waals surface area (Å²) in [7, 11) is 0. The molecule has 3 heterocycles. The molecule has 1 N–H and O–H groups in total. The van der Waals surface area contributed by atoms with E-state index >= 15 is 0 Å². The van der Waals surface area contributed by atoms with Crippen molar-refractivity contribution in [2.75, 3.05) is 52.4 Å². The van der Waals surface area contributed by atoms with Gasteiger partial charge in [-0.1, -0.05) is 0 Å². The largest absolute Gasteiger partial charge is 0.340 e. The molecule has 3 saturated heterocycles. The van der Waals surface area contributed by atoms with E-state index in [0.29, 0.717) is 5.91 Å². The van der Waals surface area contributed by atoms with Crippen LogP contribution in [0.1, 0.15) is 25.7 Å². The minimum atomic E-state index is 0.378. The first-order chi connectivity index (χ1) is 10.2. The Morgan fingerprint density at radius 2 is 1.71 bits per heavy atom. The molecule has 0 aromatic carbocycles. The first-order valence-electron chi connectivity index (χ1n) is 8.35. The van der Waals surface area contributed by atoms with Gasteiger partial charge >= 0.3 is 0 Å². The van der Waals surface area contributed by atoms with Gasteiger partial charge < -0.3 is 10.2 Å². The van der Waals surface area contributed by atoms with E-state index in [2.05, 4.69) is 41.1 Å². The van der Waals surface area contributed by atoms with E-state index in [1.165, 1.54) is 25.9 Å². The number of halogens is 1. The lowest BCUT2D eigenvalue weighted by molar-refractivity contribution is -0.133. The van der Waals surface area contributed by atoms with Crippen molar-refractivity contribution in [2.45, 2.75) is 31.7 Å². The van der Waals surface area contributed by atoms with E-state index in [9.17, 15) is 4.79 Å². The highest BCUT2D eigenvalue weighted by Gasteiger charge is 2.28. The summed E-state index contributed by atoms with van der Waals surface area (Å²) in [4.78, 5) is 17.0. The highest BCUT2D eigenvalue weighted by Crippen LogP contribution is 2.20. The monoisotopic (exact) mass is 406 g/mol. The van der Waals surface area contributed by atoms with Crippen LogP contribution in [-0.4, -0.2) is 77.2 Å². The maximum Gasteiger partial charge on any atom is 0.222 e. The number of hydrogen-bond acceptors (Lipinski definition) is 4. The molecule has 0 aliphatic carbocycles. The topological polar surface area (TPSA) is 38.8 Å². The second-order valence-electron chi connectivity index (χ2n) is 6.62. The summed E-state index contributed by atoms with van der Waals surface area (Å²) < 4.78 is 2.39. The van der Waals surface area contributed by atoms with E-state index in [1.807, 2.05) is 0 Å². The second kappa shape index (κ2) is 7.57. The number of piperazine rings is 1. The zero-order chi connectivity index (χ0) is 14.7. The molecule has 0 radical (unpaired) electrons. The lowest BCUT2D eigenvalue weighted by Crippen LogP contribution is -2.53. The summed E-state index contributed by atoms with van der Waals surface area (Å²) in [5.41, 5.74) is 0. The average Bonchev–Trinajstić information content (AvgIpc) is 2.46. The molecular weight excluding hydrogens is 379 g/mol. The number of carbonyl (C=O) groups excluding carboxylic acids is 1. The predicted molar refractivity (Wildman–Crippen MR) is 92.4 cm³/mol. The quantitative estimate of drug-likeness (QED) is 0.558. The van der Waals surface area contributed by atoms with Crippen LogP contribution in [0.4, 0.5) is 0 Å². The lowest BCUT2D eigenvalue weighted by Gasteiger charge is -2.42. The smallest absolute Gasteiger partial charge is 0.222 e. The Balaban J connectivity index is 1.36. The van der Waals surface area contributed by atoms with Crippen LogP contribution in [0, 0.1) is 5.92 Å². The van der Waals surface area contributed by atoms with Crippen LogP contribution < -0.4 is 5.32 Å². The van der Waals surface area contributed by atoms with E-state index in [4.69, 9.17) is 0 Å². The molecule has 1 amide bonds. The molecule has 3 fully saturated rings. The number of amides is 1. The van der Waals surface area contributed by atoms with Crippen LogP contribution in [0.3, 0.4) is 0 Å². The minimum absolute atomic E-state index is 0.378. The fourth-order valence-corrected chi connectivity index (χ4v) is 4.13. The Bertz CT molecular complexity index is 348. The van der Waals surface area contributed by atoms with Crippen molar-refractivity contribution in [2.24, 2.45) is 5.92 Å². The Hall–Kier alpha value is 0.0800. The third kappa shape index (κ3) is 4.30. The summed E-state index contributed by atoms with van der Waals surface area (Å²) >= 11 is 2.43. The standard InChI is InChI=1S/C15H27IN4O/c16-20-5-3-14(4-6-20)18-7-9-19(10-8-18)15(21)2-1-13-11-17-12-13/h13-14,17H,1-12H2. The first-order valence-corrected chi connectivity index (χ1v) is 9.32. The molecule has 0 saturated carbocycles. The van der Waals surface area contributed by atoms with Crippen LogP contribution in [0.2, 0.25) is 0 Å². The molecule has 0 aromatic heterocycles. The van der Waals surface area contributed by atoms with Gasteiger partial charge in [0.2, 0.25) is 5.91 Å². The number of carbonyl (C=O) groups is 1. The highest BCUT2D eigenvalue weighted by atomic mass is 127. The molecule has 0 aromatic rings. The molecule has 5 nitrogen and oxygen atoms in total. The Morgan fingerprint density at radius 1 is 1.05 bits per heavy atom. The van der Waals surface area contributed by atoms with Crippen molar-refractivity contribution in [1.82, 2.24) is 18.2 Å². The van der Waals surface area contributed by atoms with Crippen LogP contribution >= 0.6 is 22.9 Å². The number of nitrogens with zero attached hydrogens (tertiary/aromatic N) is 3. The van der Waals surface area contributed by atoms with Gasteiger partial charge in [-0.25, -0.2) is 3.11 Å². The van der Waals surface area contributed by atoms with Crippen molar-refractivity contribution in [1.29, 1.82) is 0 Å². The Labute approximate surface area is 141 Å². The molecule has 0 atom stereocenters. The van der Waals surface area contributed by atoms with Gasteiger partial charge in [-0.15, -0.1) is 0 Å². The highest BCUT2D eigenvalue weighted by molar-refractivity contribution is 14.1. The normalized spacial score (nSPS) is 26.8. The average molecular weight is 406 g/mol. The second-order valence-corrected chi connectivity index (χ2v) is 7.99. The number of piperidine rings is 1. The zero-order valence-corrected chi connectivity index (χ0v) is 14.9. The minimum Gasteiger partial charge on any atom is -0.340 e. The van der Waals surface area contributed by atoms with Gasteiger partial charge in [-0.05, 0) is 38.3 Å². The van der Waals surface area contributed by atoms with Gasteiger partial charge in [0.1, 0.15) is 0 Å². The van der Waals surface area contributed by atoms with Crippen molar-refractivity contribution >= 4 is 28.8 Å². The Kier molecular flexibility index (Phi) is 5.75. The third-order valence-corrected chi connectivity index (χ3v) is 6.19. The molecule has 0 bridgehead atoms. The number of nitrogens with one attached hydrogen (secondary N) is 1. The first kappa shape index (κ1) is 16.0. The molecule has 0 unspecified atom stereocenters. The third-order valence-electron chi connectivity index (χ3n) is 5.23. The SMILES string of the molecule is O=C(CCC1CNC1)N1CCN(C2CCN(I)CC2)CC1. The van der Waals surface area contributed by atoms with Gasteiger partial charge in [0.25, 0.3) is 0 Å². The van der Waals surface area contributed by atoms with E-state index in [-0.39, 0.29) is 0 Å². The summed E-state index contributed by atoms with van der Waals surface area (Å²) in [6, 6.07) is 0.745. The van der Waals surface area contributed by atoms with Gasteiger partial charge in [-0.3, -0.25) is 9.69 Å². The van der Waals surface area contributed by atoms with Crippen LogP contribution in [-0.2, 0) is 4.79 Å². The Morgan fingerprint density at radius 3 is 2.29 bits per heavy atom. The van der Waals surface area contributed by atoms with E-state index in [0.717, 1.165) is 64.1 Å². The molecular formula is C15H27IN4O. The zero-order valence-electron chi connectivity index (χ0n) is 12.8. The molecule has 120 valence electrons. The summed E-state index contributed by atoms with van der Waals surface area (Å²) in [5.74, 6) is 1.12. The molecule has 0 spiro atoms. The fourth-order valence-electron chi connectivity index (χ4n) is 3.57. The van der Waals surface area contributed by atoms with Crippen LogP contribution in [0.25, 0.3) is 0 Å². The van der Waals surface area contributed by atoms with Gasteiger partial charge in [0.15, 0.2) is 0 Å². The number of rotatable bonds is 4. The molecule has 3 aliphatic heterocycles. The maximum absolute atomic E-state index is 12.2. The van der Waals surface area contributed by atoms with Gasteiger partial charge in [-0.2, -0.15) is 0 Å². The van der Waals surface area contributed by atoms with Gasteiger partial charge in [0.05, 0.1) is 0 Å². The van der Waals surface area contributed by atoms with Crippen molar-refractivity contribution in [3.63, 3.8) is 0 Å². The van der Waals surface area contributed by atoms with Crippen molar-refractivity contribution < 1.29 is 4.79 Å². The van der Waals surface area contributed by atoms with Crippen molar-refractivity contribution in [3.8, 4) is 0 Å². The molecule has 3 rings (SSSR count). The molecule has 21 heavy (non-hydrogen) atoms. The number of hydrogen-bond donors (Lipinski definition) is 1. The maximum atomic E-state index is 12.2. The van der Waals surface area contributed by atoms with Crippen molar-refractivity contribution in [3.05, 3.63) is 0 Å². The molecule has 6 heteroatoms. The van der Waals surface area contributed by atoms with E-state index in [1.54, 1.807) is 0 Å². The summed E-state index contributed by atoms with van der Waals surface area (Å²) in [5, 5.41) is 3.27. The predicted octanol–water partition coefficient (Wildman–Crippen LogP) is 0.945. The summed E-state index contributed by atoms with van der Waals surface area (Å²) in [6.07, 6.45) is 4.39. The van der Waals surface area contributed by atoms with E-state index < -0.39 is 0 Å². The lowest BCUT2D eigenvalue weighted by atomic mass is 9.97. The van der Waals surface area contributed by atoms with Crippen LogP contribution in [0.15, 0.2) is 0 Å². The van der Waals surface area contributed by atoms with Gasteiger partial charge in [0, 0.05) is 74.6 Å².